The zero-order valence-electron chi connectivity index (χ0n) is 6.50. The lowest BCUT2D eigenvalue weighted by molar-refractivity contribution is -0.107. The molecule has 0 fully saturated rings. The molecule has 0 bridgehead atoms. The second-order valence-corrected chi connectivity index (χ2v) is 3.53. The molecule has 0 aliphatic heterocycles. The van der Waals surface area contributed by atoms with E-state index in [1.807, 2.05) is 5.38 Å². The van der Waals surface area contributed by atoms with Crippen LogP contribution in [0.1, 0.15) is 12.0 Å². The average Bonchev–Trinajstić information content (AvgIpc) is 2.49. The summed E-state index contributed by atoms with van der Waals surface area (Å²) >= 11 is 6.80. The van der Waals surface area contributed by atoms with E-state index in [0.717, 1.165) is 12.8 Å². The molecule has 0 spiro atoms. The highest BCUT2D eigenvalue weighted by Gasteiger charge is 1.90. The maximum absolute atomic E-state index is 10.3. The first-order chi connectivity index (χ1) is 5.79. The Hall–Kier alpha value is -0.600. The van der Waals surface area contributed by atoms with Crippen molar-refractivity contribution in [1.82, 2.24) is 0 Å². The lowest BCUT2D eigenvalue weighted by Gasteiger charge is -1.89. The van der Waals surface area contributed by atoms with Gasteiger partial charge in [-0.3, -0.25) is 4.79 Å². The number of hydrogen-bond acceptors (Lipinski definition) is 2. The molecule has 1 rings (SSSR count). The molecular formula is C9H9ClOS. The number of carbonyl (C=O) groups excluding carboxylic acids is 1. The minimum absolute atomic E-state index is 0.402. The van der Waals surface area contributed by atoms with E-state index in [-0.39, 0.29) is 0 Å². The molecule has 0 saturated carbocycles. The van der Waals surface area contributed by atoms with E-state index >= 15 is 0 Å². The minimum atomic E-state index is -0.402. The highest BCUT2D eigenvalue weighted by atomic mass is 35.5. The fraction of sp³-hybridized carbons (Fsp3) is 0.222. The summed E-state index contributed by atoms with van der Waals surface area (Å²) in [5.41, 5.74) is 1.31. The Morgan fingerprint density at radius 1 is 1.67 bits per heavy atom. The number of thiophene rings is 1. The van der Waals surface area contributed by atoms with Crippen molar-refractivity contribution in [1.29, 1.82) is 0 Å². The molecular weight excluding hydrogens is 192 g/mol. The summed E-state index contributed by atoms with van der Waals surface area (Å²) in [7, 11) is 0. The normalized spacial score (nSPS) is 10.8. The molecule has 1 aromatic rings. The van der Waals surface area contributed by atoms with E-state index < -0.39 is 5.24 Å². The molecule has 0 aliphatic rings. The zero-order valence-corrected chi connectivity index (χ0v) is 8.07. The van der Waals surface area contributed by atoms with Gasteiger partial charge in [-0.2, -0.15) is 11.3 Å². The van der Waals surface area contributed by atoms with Crippen LogP contribution in [0.2, 0.25) is 0 Å². The predicted molar refractivity (Wildman–Crippen MR) is 52.6 cm³/mol. The second-order valence-electron chi connectivity index (χ2n) is 2.38. The van der Waals surface area contributed by atoms with Gasteiger partial charge in [0.05, 0.1) is 0 Å². The van der Waals surface area contributed by atoms with Crippen LogP contribution in [0.3, 0.4) is 0 Å². The van der Waals surface area contributed by atoms with E-state index in [4.69, 9.17) is 11.6 Å². The molecule has 0 aliphatic carbocycles. The first-order valence-corrected chi connectivity index (χ1v) is 4.98. The van der Waals surface area contributed by atoms with Gasteiger partial charge in [0.2, 0.25) is 5.24 Å². The molecule has 0 amide bonds. The van der Waals surface area contributed by atoms with Crippen molar-refractivity contribution in [2.24, 2.45) is 0 Å². The molecule has 0 atom stereocenters. The van der Waals surface area contributed by atoms with Crippen LogP contribution in [0.25, 0.3) is 0 Å². The van der Waals surface area contributed by atoms with E-state index in [1.54, 1.807) is 17.4 Å². The molecule has 0 unspecified atom stereocenters. The van der Waals surface area contributed by atoms with Gasteiger partial charge in [-0.1, -0.05) is 6.08 Å². The van der Waals surface area contributed by atoms with Gasteiger partial charge < -0.3 is 0 Å². The summed E-state index contributed by atoms with van der Waals surface area (Å²) in [5, 5.41) is 3.75. The molecule has 0 N–H and O–H groups in total. The van der Waals surface area contributed by atoms with Crippen molar-refractivity contribution in [3.8, 4) is 0 Å². The van der Waals surface area contributed by atoms with Crippen LogP contribution < -0.4 is 0 Å². The van der Waals surface area contributed by atoms with Crippen molar-refractivity contribution >= 4 is 28.2 Å². The van der Waals surface area contributed by atoms with Gasteiger partial charge in [0.1, 0.15) is 0 Å². The van der Waals surface area contributed by atoms with Crippen LogP contribution in [0.5, 0.6) is 0 Å². The van der Waals surface area contributed by atoms with Gasteiger partial charge in [-0.15, -0.1) is 0 Å². The van der Waals surface area contributed by atoms with Crippen molar-refractivity contribution in [2.45, 2.75) is 12.8 Å². The first kappa shape index (κ1) is 9.49. The summed E-state index contributed by atoms with van der Waals surface area (Å²) in [4.78, 5) is 10.3. The zero-order chi connectivity index (χ0) is 8.81. The van der Waals surface area contributed by atoms with Crippen molar-refractivity contribution < 1.29 is 4.79 Å². The van der Waals surface area contributed by atoms with Crippen molar-refractivity contribution in [2.75, 3.05) is 0 Å². The van der Waals surface area contributed by atoms with Crippen LogP contribution in [0, 0.1) is 0 Å². The molecule has 1 aromatic heterocycles. The monoisotopic (exact) mass is 200 g/mol. The van der Waals surface area contributed by atoms with Crippen LogP contribution in [-0.4, -0.2) is 5.24 Å². The van der Waals surface area contributed by atoms with E-state index in [2.05, 4.69) is 11.4 Å². The van der Waals surface area contributed by atoms with Gasteiger partial charge in [-0.05, 0) is 52.9 Å². The summed E-state index contributed by atoms with van der Waals surface area (Å²) < 4.78 is 0. The summed E-state index contributed by atoms with van der Waals surface area (Å²) in [5.74, 6) is 0. The van der Waals surface area contributed by atoms with Crippen LogP contribution in [-0.2, 0) is 11.2 Å². The predicted octanol–water partition coefficient (Wildman–Crippen LogP) is 3.00. The average molecular weight is 201 g/mol. The van der Waals surface area contributed by atoms with Crippen LogP contribution in [0.4, 0.5) is 0 Å². The third-order valence-corrected chi connectivity index (χ3v) is 2.29. The van der Waals surface area contributed by atoms with Gasteiger partial charge in [0, 0.05) is 0 Å². The summed E-state index contributed by atoms with van der Waals surface area (Å²) in [6.45, 7) is 0. The molecule has 1 nitrogen and oxygen atoms in total. The maximum Gasteiger partial charge on any atom is 0.244 e. The first-order valence-electron chi connectivity index (χ1n) is 3.66. The van der Waals surface area contributed by atoms with E-state index in [9.17, 15) is 4.79 Å². The van der Waals surface area contributed by atoms with Crippen LogP contribution in [0.15, 0.2) is 29.0 Å². The maximum atomic E-state index is 10.3. The Morgan fingerprint density at radius 3 is 3.08 bits per heavy atom. The molecule has 64 valence electrons. The smallest absolute Gasteiger partial charge is 0.244 e. The summed E-state index contributed by atoms with van der Waals surface area (Å²) in [6.07, 6.45) is 5.04. The summed E-state index contributed by atoms with van der Waals surface area (Å²) in [6, 6.07) is 2.08. The topological polar surface area (TPSA) is 17.1 Å². The lowest BCUT2D eigenvalue weighted by Crippen LogP contribution is -1.79. The molecule has 0 radical (unpaired) electrons. The number of allylic oxidation sites excluding steroid dienone is 2. The minimum Gasteiger partial charge on any atom is -0.276 e. The molecule has 3 heteroatoms. The highest BCUT2D eigenvalue weighted by molar-refractivity contribution is 7.07. The van der Waals surface area contributed by atoms with Crippen LogP contribution >= 0.6 is 22.9 Å². The van der Waals surface area contributed by atoms with Gasteiger partial charge in [0.15, 0.2) is 0 Å². The van der Waals surface area contributed by atoms with E-state index in [0.29, 0.717) is 0 Å². The van der Waals surface area contributed by atoms with Gasteiger partial charge >= 0.3 is 0 Å². The standard InChI is InChI=1S/C9H9ClOS/c10-9(11)4-2-1-3-8-5-6-12-7-8/h2,4-7H,1,3H2/b4-2+. The van der Waals surface area contributed by atoms with E-state index in [1.165, 1.54) is 11.6 Å². The lowest BCUT2D eigenvalue weighted by atomic mass is 10.2. The Bertz CT molecular complexity index is 264. The Morgan fingerprint density at radius 2 is 2.50 bits per heavy atom. The number of hydrogen-bond donors (Lipinski definition) is 0. The quantitative estimate of drug-likeness (QED) is 0.540. The fourth-order valence-corrected chi connectivity index (χ4v) is 1.65. The third-order valence-electron chi connectivity index (χ3n) is 1.43. The van der Waals surface area contributed by atoms with Crippen molar-refractivity contribution in [3.63, 3.8) is 0 Å². The number of rotatable bonds is 4. The molecule has 0 aromatic carbocycles. The third kappa shape index (κ3) is 3.69. The fourth-order valence-electron chi connectivity index (χ4n) is 0.861. The molecule has 12 heavy (non-hydrogen) atoms. The number of carbonyl (C=O) groups is 1. The Labute approximate surface area is 80.7 Å². The highest BCUT2D eigenvalue weighted by Crippen LogP contribution is 2.08. The number of aryl methyl sites for hydroxylation is 1. The second kappa shape index (κ2) is 5.12. The molecule has 0 saturated heterocycles. The Kier molecular flexibility index (Phi) is 4.05. The Balaban J connectivity index is 2.23. The van der Waals surface area contributed by atoms with Crippen molar-refractivity contribution in [3.05, 3.63) is 34.5 Å². The largest absolute Gasteiger partial charge is 0.276 e. The van der Waals surface area contributed by atoms with Gasteiger partial charge in [0.25, 0.3) is 0 Å². The van der Waals surface area contributed by atoms with Gasteiger partial charge in [-0.25, -0.2) is 0 Å². The number of halogens is 1. The molecule has 1 heterocycles. The SMILES string of the molecule is O=C(Cl)/C=C/CCc1ccsc1.